The lowest BCUT2D eigenvalue weighted by molar-refractivity contribution is -0.125. The van der Waals surface area contributed by atoms with Gasteiger partial charge < -0.3 is 20.4 Å². The highest BCUT2D eigenvalue weighted by Gasteiger charge is 2.37. The third-order valence-electron chi connectivity index (χ3n) is 4.30. The zero-order valence-electron chi connectivity index (χ0n) is 17.9. The smallest absolute Gasteiger partial charge is 0.245 e. The average Bonchev–Trinajstić information content (AvgIpc) is 2.87. The lowest BCUT2D eigenvalue weighted by Gasteiger charge is -2.25. The van der Waals surface area contributed by atoms with Crippen molar-refractivity contribution in [3.8, 4) is 0 Å². The molecule has 1 amide bonds. The number of aliphatic imine (C=N–C) groups is 1. The molecule has 0 saturated carbocycles. The quantitative estimate of drug-likeness (QED) is 0.584. The molecule has 2 rings (SSSR count). The van der Waals surface area contributed by atoms with Crippen molar-refractivity contribution < 1.29 is 4.79 Å². The van der Waals surface area contributed by atoms with Crippen LogP contribution in [0.15, 0.2) is 4.99 Å². The summed E-state index contributed by atoms with van der Waals surface area (Å²) in [4.78, 5) is 34.3. The van der Waals surface area contributed by atoms with Crippen molar-refractivity contribution in [1.82, 2.24) is 30.1 Å². The number of amides is 1. The number of guanidine groups is 1. The fourth-order valence-electron chi connectivity index (χ4n) is 2.90. The molecule has 0 saturated heterocycles. The minimum absolute atomic E-state index is 0.0403. The molecule has 3 N–H and O–H groups in total. The molecule has 0 aromatic carbocycles. The van der Waals surface area contributed by atoms with Gasteiger partial charge in [0, 0.05) is 32.6 Å². The Bertz CT molecular complexity index is 704. The Kier molecular flexibility index (Phi) is 7.50. The molecule has 2 heterocycles. The Morgan fingerprint density at radius 3 is 2.50 bits per heavy atom. The van der Waals surface area contributed by atoms with Gasteiger partial charge in [-0.1, -0.05) is 6.92 Å². The zero-order valence-corrected chi connectivity index (χ0v) is 17.9. The number of aromatic nitrogens is 3. The van der Waals surface area contributed by atoms with Crippen LogP contribution in [0.4, 0.5) is 11.9 Å². The van der Waals surface area contributed by atoms with Gasteiger partial charge in [0.15, 0.2) is 0 Å². The van der Waals surface area contributed by atoms with Crippen LogP contribution >= 0.6 is 0 Å². The van der Waals surface area contributed by atoms with Crippen LogP contribution in [0.5, 0.6) is 0 Å². The largest absolute Gasteiger partial charge is 0.353 e. The minimum Gasteiger partial charge on any atom is -0.353 e. The summed E-state index contributed by atoms with van der Waals surface area (Å²) in [5.41, 5.74) is 0. The second-order valence-electron chi connectivity index (χ2n) is 7.52. The van der Waals surface area contributed by atoms with Crippen LogP contribution in [-0.2, 0) is 11.2 Å². The summed E-state index contributed by atoms with van der Waals surface area (Å²) in [7, 11) is 5.87. The summed E-state index contributed by atoms with van der Waals surface area (Å²) in [6, 6.07) is -0.456. The van der Waals surface area contributed by atoms with Crippen LogP contribution < -0.4 is 16.0 Å². The molecule has 1 aromatic heterocycles. The number of hydrogen-bond acceptors (Lipinski definition) is 9. The topological polar surface area (TPSA) is 111 Å². The highest BCUT2D eigenvalue weighted by molar-refractivity contribution is 5.98. The first kappa shape index (κ1) is 21.8. The fourth-order valence-corrected chi connectivity index (χ4v) is 2.90. The van der Waals surface area contributed by atoms with E-state index in [2.05, 4.69) is 40.8 Å². The molecule has 0 fully saturated rings. The van der Waals surface area contributed by atoms with Crippen LogP contribution in [0.1, 0.15) is 33.5 Å². The first-order valence-electron chi connectivity index (χ1n) is 9.72. The summed E-state index contributed by atoms with van der Waals surface area (Å²) in [6.45, 7) is 9.41. The molecule has 0 spiro atoms. The molecule has 0 bridgehead atoms. The SMILES string of the molecule is CCc1nc(NCCN(C)C)nc(NC2=NC(C)C(C(=O)NC(C)C)N2C)n1. The lowest BCUT2D eigenvalue weighted by atomic mass is 10.1. The summed E-state index contributed by atoms with van der Waals surface area (Å²) in [5.74, 6) is 2.17. The molecule has 2 atom stereocenters. The first-order valence-corrected chi connectivity index (χ1v) is 9.72. The average molecular weight is 392 g/mol. The fraction of sp³-hybridized carbons (Fsp3) is 0.722. The van der Waals surface area contributed by atoms with E-state index >= 15 is 0 Å². The highest BCUT2D eigenvalue weighted by Crippen LogP contribution is 2.18. The van der Waals surface area contributed by atoms with Gasteiger partial charge in [-0.15, -0.1) is 0 Å². The van der Waals surface area contributed by atoms with Gasteiger partial charge >= 0.3 is 0 Å². The van der Waals surface area contributed by atoms with E-state index in [4.69, 9.17) is 0 Å². The molecule has 28 heavy (non-hydrogen) atoms. The maximum absolute atomic E-state index is 12.5. The number of nitrogens with zero attached hydrogens (tertiary/aromatic N) is 6. The molecule has 1 aliphatic rings. The molecule has 0 radical (unpaired) electrons. The molecule has 2 unspecified atom stereocenters. The van der Waals surface area contributed by atoms with Crippen molar-refractivity contribution in [2.75, 3.05) is 44.9 Å². The van der Waals surface area contributed by atoms with E-state index in [1.165, 1.54) is 0 Å². The van der Waals surface area contributed by atoms with Gasteiger partial charge in [0.25, 0.3) is 0 Å². The van der Waals surface area contributed by atoms with Crippen molar-refractivity contribution >= 4 is 23.8 Å². The second kappa shape index (κ2) is 9.63. The molecule has 1 aromatic rings. The van der Waals surface area contributed by atoms with Crippen LogP contribution in [0, 0.1) is 0 Å². The van der Waals surface area contributed by atoms with E-state index in [9.17, 15) is 4.79 Å². The second-order valence-corrected chi connectivity index (χ2v) is 7.52. The van der Waals surface area contributed by atoms with Crippen molar-refractivity contribution in [3.05, 3.63) is 5.82 Å². The number of carbonyl (C=O) groups is 1. The summed E-state index contributed by atoms with van der Waals surface area (Å²) < 4.78 is 0. The van der Waals surface area contributed by atoms with E-state index in [-0.39, 0.29) is 24.0 Å². The number of likely N-dealkylation sites (N-methyl/N-ethyl adjacent to an activating group) is 2. The maximum Gasteiger partial charge on any atom is 0.245 e. The third kappa shape index (κ3) is 5.75. The van der Waals surface area contributed by atoms with E-state index < -0.39 is 0 Å². The van der Waals surface area contributed by atoms with Gasteiger partial charge in [0.05, 0.1) is 6.04 Å². The third-order valence-corrected chi connectivity index (χ3v) is 4.30. The van der Waals surface area contributed by atoms with Crippen molar-refractivity contribution in [2.45, 2.75) is 52.2 Å². The summed E-state index contributed by atoms with van der Waals surface area (Å²) in [6.07, 6.45) is 0.692. The maximum atomic E-state index is 12.5. The van der Waals surface area contributed by atoms with Crippen LogP contribution in [-0.4, -0.2) is 89.0 Å². The molecule has 10 heteroatoms. The number of anilines is 2. The normalized spacial score (nSPS) is 19.2. The van der Waals surface area contributed by atoms with Gasteiger partial charge in [0.1, 0.15) is 11.9 Å². The molecule has 156 valence electrons. The number of aryl methyl sites for hydroxylation is 1. The molecular formula is C18H33N9O. The Balaban J connectivity index is 2.11. The van der Waals surface area contributed by atoms with Gasteiger partial charge in [0.2, 0.25) is 23.8 Å². The summed E-state index contributed by atoms with van der Waals surface area (Å²) >= 11 is 0. The van der Waals surface area contributed by atoms with Crippen LogP contribution in [0.2, 0.25) is 0 Å². The van der Waals surface area contributed by atoms with Crippen LogP contribution in [0.25, 0.3) is 0 Å². The number of carbonyl (C=O) groups excluding carboxylic acids is 1. The van der Waals surface area contributed by atoms with E-state index in [1.54, 1.807) is 0 Å². The summed E-state index contributed by atoms with van der Waals surface area (Å²) in [5, 5.41) is 9.33. The van der Waals surface area contributed by atoms with Crippen LogP contribution in [0.3, 0.4) is 0 Å². The molecule has 0 aliphatic carbocycles. The number of rotatable bonds is 8. The monoisotopic (exact) mass is 391 g/mol. The zero-order chi connectivity index (χ0) is 20.8. The Labute approximate surface area is 167 Å². The van der Waals surface area contributed by atoms with Crippen molar-refractivity contribution in [1.29, 1.82) is 0 Å². The minimum atomic E-state index is -0.366. The Hall–Kier alpha value is -2.49. The van der Waals surface area contributed by atoms with Crippen molar-refractivity contribution in [3.63, 3.8) is 0 Å². The van der Waals surface area contributed by atoms with Gasteiger partial charge in [-0.2, -0.15) is 15.0 Å². The number of hydrogen-bond donors (Lipinski definition) is 3. The first-order chi connectivity index (χ1) is 13.2. The highest BCUT2D eigenvalue weighted by atomic mass is 16.2. The van der Waals surface area contributed by atoms with Gasteiger partial charge in [-0.05, 0) is 34.9 Å². The van der Waals surface area contributed by atoms with Gasteiger partial charge in [-0.25, -0.2) is 4.99 Å². The predicted octanol–water partition coefficient (Wildman–Crippen LogP) is 0.403. The predicted molar refractivity (Wildman–Crippen MR) is 112 cm³/mol. The molecular weight excluding hydrogens is 358 g/mol. The van der Waals surface area contributed by atoms with E-state index in [0.29, 0.717) is 30.1 Å². The standard InChI is InChI=1S/C18H33N9O/c1-8-13-22-16(19-9-10-26(5)6)24-17(23-13)25-18-21-12(4)14(27(18)7)15(28)20-11(2)3/h11-12,14H,8-10H2,1-7H3,(H,20,28)(H2,19,21,22,23,24,25). The molecule has 1 aliphatic heterocycles. The van der Waals surface area contributed by atoms with Gasteiger partial charge in [-0.3, -0.25) is 10.1 Å². The number of nitrogens with one attached hydrogen (secondary N) is 3. The van der Waals surface area contributed by atoms with Crippen molar-refractivity contribution in [2.24, 2.45) is 4.99 Å². The Morgan fingerprint density at radius 2 is 1.89 bits per heavy atom. The molecule has 10 nitrogen and oxygen atoms in total. The van der Waals surface area contributed by atoms with E-state index in [1.807, 2.05) is 53.7 Å². The Morgan fingerprint density at radius 1 is 1.21 bits per heavy atom. The van der Waals surface area contributed by atoms with E-state index in [0.717, 1.165) is 13.1 Å². The lowest BCUT2D eigenvalue weighted by Crippen LogP contribution is -2.50.